The molecule has 0 saturated heterocycles. The fraction of sp³-hybridized carbons (Fsp3) is 0.533. The van der Waals surface area contributed by atoms with Crippen molar-refractivity contribution in [3.63, 3.8) is 0 Å². The average Bonchev–Trinajstić information content (AvgIpc) is 2.45. The van der Waals surface area contributed by atoms with Gasteiger partial charge in [-0.1, -0.05) is 13.0 Å². The van der Waals surface area contributed by atoms with Crippen LogP contribution in [-0.4, -0.2) is 32.2 Å². The van der Waals surface area contributed by atoms with Gasteiger partial charge in [0.2, 0.25) is 0 Å². The number of anilines is 1. The van der Waals surface area contributed by atoms with Gasteiger partial charge in [-0.2, -0.15) is 0 Å². The summed E-state index contributed by atoms with van der Waals surface area (Å²) in [6, 6.07) is 4.49. The summed E-state index contributed by atoms with van der Waals surface area (Å²) >= 11 is 0. The molecular formula is C15H23FN2O2. The number of para-hydroxylation sites is 1. The van der Waals surface area contributed by atoms with E-state index < -0.39 is 5.82 Å². The number of rotatable bonds is 9. The molecule has 1 rings (SSSR count). The molecule has 0 radical (unpaired) electrons. The van der Waals surface area contributed by atoms with E-state index in [4.69, 9.17) is 4.74 Å². The van der Waals surface area contributed by atoms with Crippen molar-refractivity contribution in [3.05, 3.63) is 29.6 Å². The van der Waals surface area contributed by atoms with Gasteiger partial charge in [-0.15, -0.1) is 0 Å². The molecule has 1 aromatic carbocycles. The van der Waals surface area contributed by atoms with E-state index >= 15 is 0 Å². The van der Waals surface area contributed by atoms with Crippen molar-refractivity contribution in [3.8, 4) is 0 Å². The number of nitrogens with one attached hydrogen (secondary N) is 2. The van der Waals surface area contributed by atoms with Crippen molar-refractivity contribution in [2.24, 2.45) is 0 Å². The molecule has 1 aromatic rings. The van der Waals surface area contributed by atoms with Gasteiger partial charge in [0, 0.05) is 26.3 Å². The first kappa shape index (κ1) is 16.4. The Hall–Kier alpha value is -1.62. The molecule has 0 aliphatic carbocycles. The molecule has 0 bridgehead atoms. The maximum absolute atomic E-state index is 13.7. The van der Waals surface area contributed by atoms with E-state index in [1.54, 1.807) is 6.07 Å². The van der Waals surface area contributed by atoms with Gasteiger partial charge < -0.3 is 15.4 Å². The number of ether oxygens (including phenoxy) is 1. The van der Waals surface area contributed by atoms with Crippen LogP contribution in [0.25, 0.3) is 0 Å². The topological polar surface area (TPSA) is 50.4 Å². The van der Waals surface area contributed by atoms with E-state index in [-0.39, 0.29) is 11.6 Å². The van der Waals surface area contributed by atoms with E-state index in [1.807, 2.05) is 13.8 Å². The predicted molar refractivity (Wildman–Crippen MR) is 78.6 cm³/mol. The lowest BCUT2D eigenvalue weighted by atomic mass is 10.1. The van der Waals surface area contributed by atoms with Gasteiger partial charge in [-0.3, -0.25) is 4.79 Å². The van der Waals surface area contributed by atoms with E-state index in [0.717, 1.165) is 19.4 Å². The summed E-state index contributed by atoms with van der Waals surface area (Å²) in [7, 11) is 0. The third-order valence-corrected chi connectivity index (χ3v) is 2.71. The zero-order valence-corrected chi connectivity index (χ0v) is 12.2. The van der Waals surface area contributed by atoms with Crippen LogP contribution >= 0.6 is 0 Å². The van der Waals surface area contributed by atoms with Gasteiger partial charge in [-0.25, -0.2) is 4.39 Å². The van der Waals surface area contributed by atoms with Gasteiger partial charge in [0.25, 0.3) is 5.91 Å². The lowest BCUT2D eigenvalue weighted by molar-refractivity contribution is 0.0942. The molecule has 0 aliphatic rings. The van der Waals surface area contributed by atoms with Crippen LogP contribution in [0.3, 0.4) is 0 Å². The van der Waals surface area contributed by atoms with Crippen LogP contribution in [0, 0.1) is 5.82 Å². The molecule has 0 spiro atoms. The molecule has 5 heteroatoms. The summed E-state index contributed by atoms with van der Waals surface area (Å²) in [6.45, 7) is 6.35. The van der Waals surface area contributed by atoms with Crippen LogP contribution in [0.1, 0.15) is 37.0 Å². The van der Waals surface area contributed by atoms with Crippen molar-refractivity contribution < 1.29 is 13.9 Å². The predicted octanol–water partition coefficient (Wildman–Crippen LogP) is 2.80. The normalized spacial score (nSPS) is 10.3. The molecule has 0 unspecified atom stereocenters. The highest BCUT2D eigenvalue weighted by atomic mass is 19.1. The summed E-state index contributed by atoms with van der Waals surface area (Å²) in [5, 5.41) is 5.66. The number of benzene rings is 1. The Morgan fingerprint density at radius 1 is 1.30 bits per heavy atom. The summed E-state index contributed by atoms with van der Waals surface area (Å²) < 4.78 is 19.0. The third-order valence-electron chi connectivity index (χ3n) is 2.71. The lowest BCUT2D eigenvalue weighted by Gasteiger charge is -2.12. The number of amides is 1. The van der Waals surface area contributed by atoms with Crippen LogP contribution in [0.2, 0.25) is 0 Å². The highest BCUT2D eigenvalue weighted by Crippen LogP contribution is 2.19. The minimum absolute atomic E-state index is 0.259. The highest BCUT2D eigenvalue weighted by molar-refractivity contribution is 5.99. The second kappa shape index (κ2) is 9.31. The quantitative estimate of drug-likeness (QED) is 0.685. The standard InChI is InChI=1S/C15H23FN2O2/c1-3-10-20-11-6-9-18-15(19)12-7-5-8-13(16)14(12)17-4-2/h5,7-8,17H,3-4,6,9-11H2,1-2H3,(H,18,19). The largest absolute Gasteiger partial charge is 0.382 e. The molecule has 112 valence electrons. The Balaban J connectivity index is 2.49. The van der Waals surface area contributed by atoms with E-state index in [1.165, 1.54) is 12.1 Å². The van der Waals surface area contributed by atoms with Crippen LogP contribution in [0.5, 0.6) is 0 Å². The molecule has 0 heterocycles. The van der Waals surface area contributed by atoms with Crippen molar-refractivity contribution in [1.29, 1.82) is 0 Å². The Labute approximate surface area is 119 Å². The Morgan fingerprint density at radius 3 is 2.80 bits per heavy atom. The second-order valence-electron chi connectivity index (χ2n) is 4.41. The first-order valence-electron chi connectivity index (χ1n) is 7.09. The third kappa shape index (κ3) is 5.17. The summed E-state index contributed by atoms with van der Waals surface area (Å²) in [6.07, 6.45) is 1.74. The van der Waals surface area contributed by atoms with Crippen LogP contribution in [-0.2, 0) is 4.74 Å². The minimum atomic E-state index is -0.411. The Morgan fingerprint density at radius 2 is 2.10 bits per heavy atom. The highest BCUT2D eigenvalue weighted by Gasteiger charge is 2.13. The molecule has 0 saturated carbocycles. The van der Waals surface area contributed by atoms with Crippen molar-refractivity contribution >= 4 is 11.6 Å². The molecule has 0 aromatic heterocycles. The van der Waals surface area contributed by atoms with Gasteiger partial charge in [-0.05, 0) is 31.9 Å². The van der Waals surface area contributed by atoms with E-state index in [0.29, 0.717) is 25.3 Å². The fourth-order valence-electron chi connectivity index (χ4n) is 1.79. The smallest absolute Gasteiger partial charge is 0.253 e. The first-order valence-corrected chi connectivity index (χ1v) is 7.09. The van der Waals surface area contributed by atoms with Crippen molar-refractivity contribution in [1.82, 2.24) is 5.32 Å². The van der Waals surface area contributed by atoms with Crippen LogP contribution < -0.4 is 10.6 Å². The van der Waals surface area contributed by atoms with Crippen LogP contribution in [0.15, 0.2) is 18.2 Å². The van der Waals surface area contributed by atoms with Gasteiger partial charge in [0.1, 0.15) is 5.82 Å². The molecule has 0 atom stereocenters. The molecule has 0 fully saturated rings. The Bertz CT molecular complexity index is 424. The average molecular weight is 282 g/mol. The van der Waals surface area contributed by atoms with E-state index in [2.05, 4.69) is 10.6 Å². The number of carbonyl (C=O) groups is 1. The summed E-state index contributed by atoms with van der Waals surface area (Å²) in [5.74, 6) is -0.679. The molecule has 2 N–H and O–H groups in total. The Kier molecular flexibility index (Phi) is 7.65. The monoisotopic (exact) mass is 282 g/mol. The maximum atomic E-state index is 13.7. The first-order chi connectivity index (χ1) is 9.70. The van der Waals surface area contributed by atoms with Crippen LogP contribution in [0.4, 0.5) is 10.1 Å². The summed E-state index contributed by atoms with van der Waals surface area (Å²) in [5.41, 5.74) is 0.594. The van der Waals surface area contributed by atoms with E-state index in [9.17, 15) is 9.18 Å². The number of halogens is 1. The molecule has 4 nitrogen and oxygen atoms in total. The maximum Gasteiger partial charge on any atom is 0.253 e. The molecule has 20 heavy (non-hydrogen) atoms. The number of hydrogen-bond donors (Lipinski definition) is 2. The zero-order valence-electron chi connectivity index (χ0n) is 12.2. The van der Waals surface area contributed by atoms with Gasteiger partial charge in [0.05, 0.1) is 11.3 Å². The lowest BCUT2D eigenvalue weighted by Crippen LogP contribution is -2.26. The van der Waals surface area contributed by atoms with Gasteiger partial charge in [0.15, 0.2) is 0 Å². The summed E-state index contributed by atoms with van der Waals surface area (Å²) in [4.78, 5) is 12.0. The van der Waals surface area contributed by atoms with Crippen molar-refractivity contribution in [2.75, 3.05) is 31.6 Å². The SMILES string of the molecule is CCCOCCCNC(=O)c1cccc(F)c1NCC. The number of carbonyl (C=O) groups excluding carboxylic acids is 1. The second-order valence-corrected chi connectivity index (χ2v) is 4.41. The number of hydrogen-bond acceptors (Lipinski definition) is 3. The molecule has 0 aliphatic heterocycles. The van der Waals surface area contributed by atoms with Gasteiger partial charge >= 0.3 is 0 Å². The zero-order chi connectivity index (χ0) is 14.8. The molecule has 1 amide bonds. The fourth-order valence-corrected chi connectivity index (χ4v) is 1.79. The molecular weight excluding hydrogens is 259 g/mol. The van der Waals surface area contributed by atoms with Crippen molar-refractivity contribution in [2.45, 2.75) is 26.7 Å². The minimum Gasteiger partial charge on any atom is -0.382 e.